The monoisotopic (exact) mass is 370 g/mol. The average Bonchev–Trinajstić information content (AvgIpc) is 3.01. The molecule has 3 aromatic carbocycles. The molecule has 0 spiro atoms. The molecular formula is C23H16NS2+. The maximum atomic E-state index is 2.40. The minimum atomic E-state index is 1.35. The molecule has 0 unspecified atom stereocenters. The Morgan fingerprint density at radius 1 is 0.808 bits per heavy atom. The van der Waals surface area contributed by atoms with Gasteiger partial charge in [-0.15, -0.1) is 11.3 Å². The van der Waals surface area contributed by atoms with Crippen LogP contribution in [0.4, 0.5) is 0 Å². The fraction of sp³-hybridized carbons (Fsp3) is 0.0870. The Hall–Kier alpha value is -2.36. The van der Waals surface area contributed by atoms with Crippen LogP contribution in [0.2, 0.25) is 0 Å². The van der Waals surface area contributed by atoms with Gasteiger partial charge < -0.3 is 0 Å². The van der Waals surface area contributed by atoms with Gasteiger partial charge in [0.15, 0.2) is 6.20 Å². The SMILES string of the molecule is Cc1cccc2c1-c1c3c(cc4sc5ccccc5c4c3cc[n+]1C)S2. The molecule has 1 aliphatic rings. The van der Waals surface area contributed by atoms with Crippen molar-refractivity contribution < 1.29 is 4.57 Å². The third kappa shape index (κ3) is 1.80. The van der Waals surface area contributed by atoms with E-state index in [1.54, 1.807) is 0 Å². The first-order valence-electron chi connectivity index (χ1n) is 8.77. The Kier molecular flexibility index (Phi) is 2.89. The molecule has 5 aromatic rings. The summed E-state index contributed by atoms with van der Waals surface area (Å²) in [5.41, 5.74) is 4.08. The van der Waals surface area contributed by atoms with E-state index in [0.717, 1.165) is 0 Å². The molecule has 0 bridgehead atoms. The summed E-state index contributed by atoms with van der Waals surface area (Å²) in [6.07, 6.45) is 2.22. The lowest BCUT2D eigenvalue weighted by atomic mass is 9.96. The number of hydrogen-bond donors (Lipinski definition) is 0. The summed E-state index contributed by atoms with van der Waals surface area (Å²) in [6.45, 7) is 2.22. The van der Waals surface area contributed by atoms with Gasteiger partial charge in [0.1, 0.15) is 7.05 Å². The molecule has 0 saturated heterocycles. The molecule has 0 amide bonds. The van der Waals surface area contributed by atoms with E-state index in [2.05, 4.69) is 79.3 Å². The second-order valence-electron chi connectivity index (χ2n) is 6.96. The number of aryl methyl sites for hydroxylation is 2. The molecule has 2 aromatic heterocycles. The van der Waals surface area contributed by atoms with Crippen LogP contribution < -0.4 is 4.57 Å². The van der Waals surface area contributed by atoms with E-state index >= 15 is 0 Å². The van der Waals surface area contributed by atoms with Crippen LogP contribution in [0.25, 0.3) is 42.2 Å². The van der Waals surface area contributed by atoms with Crippen LogP contribution in [-0.2, 0) is 7.05 Å². The second kappa shape index (κ2) is 5.09. The summed E-state index contributed by atoms with van der Waals surface area (Å²) in [5, 5.41) is 5.56. The van der Waals surface area contributed by atoms with E-state index < -0.39 is 0 Å². The van der Waals surface area contributed by atoms with Gasteiger partial charge in [-0.1, -0.05) is 42.1 Å². The highest BCUT2D eigenvalue weighted by atomic mass is 32.2. The molecule has 0 N–H and O–H groups in total. The van der Waals surface area contributed by atoms with Crippen molar-refractivity contribution in [2.45, 2.75) is 16.7 Å². The molecular weight excluding hydrogens is 354 g/mol. The Labute approximate surface area is 159 Å². The predicted octanol–water partition coefficient (Wildman–Crippen LogP) is 6.47. The summed E-state index contributed by atoms with van der Waals surface area (Å²) in [7, 11) is 2.17. The van der Waals surface area contributed by atoms with Crippen LogP contribution in [0.15, 0.2) is 70.6 Å². The zero-order chi connectivity index (χ0) is 17.4. The lowest BCUT2D eigenvalue weighted by Crippen LogP contribution is -2.31. The summed E-state index contributed by atoms with van der Waals surface area (Å²) < 4.78 is 5.04. The fourth-order valence-electron chi connectivity index (χ4n) is 4.27. The number of rotatable bonds is 0. The standard InChI is InChI=1S/C23H16NS2/c1-13-6-5-9-17-20(13)23-22-15(10-11-24(23)2)21-14-7-3-4-8-16(14)25-18(21)12-19(22)26-17/h3-12H,1-2H3/q+1. The third-order valence-electron chi connectivity index (χ3n) is 5.42. The molecule has 0 aliphatic carbocycles. The van der Waals surface area contributed by atoms with Crippen molar-refractivity contribution in [2.24, 2.45) is 7.05 Å². The minimum Gasteiger partial charge on any atom is -0.200 e. The Bertz CT molecular complexity index is 1380. The average molecular weight is 371 g/mol. The topological polar surface area (TPSA) is 3.88 Å². The maximum absolute atomic E-state index is 2.40. The Morgan fingerprint density at radius 3 is 2.62 bits per heavy atom. The summed E-state index contributed by atoms with van der Waals surface area (Å²) in [4.78, 5) is 2.74. The number of thiophene rings is 1. The van der Waals surface area contributed by atoms with Gasteiger partial charge in [0.2, 0.25) is 5.69 Å². The number of fused-ring (bicyclic) bond motifs is 6. The number of pyridine rings is 1. The fourth-order valence-corrected chi connectivity index (χ4v) is 6.74. The van der Waals surface area contributed by atoms with Crippen molar-refractivity contribution in [3.05, 3.63) is 66.4 Å². The lowest BCUT2D eigenvalue weighted by molar-refractivity contribution is -0.659. The van der Waals surface area contributed by atoms with E-state index in [9.17, 15) is 0 Å². The van der Waals surface area contributed by atoms with Gasteiger partial charge in [0.05, 0.1) is 10.9 Å². The first-order chi connectivity index (χ1) is 12.7. The number of nitrogens with zero attached hydrogens (tertiary/aromatic N) is 1. The van der Waals surface area contributed by atoms with E-state index in [1.807, 2.05) is 23.1 Å². The molecule has 0 atom stereocenters. The maximum Gasteiger partial charge on any atom is 0.222 e. The summed E-state index contributed by atoms with van der Waals surface area (Å²) in [6, 6.07) is 20.1. The van der Waals surface area contributed by atoms with Crippen molar-refractivity contribution in [1.29, 1.82) is 0 Å². The zero-order valence-corrected chi connectivity index (χ0v) is 16.2. The number of hydrogen-bond acceptors (Lipinski definition) is 2. The second-order valence-corrected chi connectivity index (χ2v) is 9.13. The van der Waals surface area contributed by atoms with Crippen LogP contribution in [0.3, 0.4) is 0 Å². The van der Waals surface area contributed by atoms with Crippen LogP contribution in [-0.4, -0.2) is 0 Å². The minimum absolute atomic E-state index is 1.35. The summed E-state index contributed by atoms with van der Waals surface area (Å²) in [5.74, 6) is 0. The van der Waals surface area contributed by atoms with Crippen LogP contribution in [0, 0.1) is 6.92 Å². The Morgan fingerprint density at radius 2 is 1.69 bits per heavy atom. The predicted molar refractivity (Wildman–Crippen MR) is 112 cm³/mol. The highest BCUT2D eigenvalue weighted by Gasteiger charge is 2.29. The van der Waals surface area contributed by atoms with E-state index in [0.29, 0.717) is 0 Å². The molecule has 1 nitrogen and oxygen atoms in total. The molecule has 0 fully saturated rings. The highest BCUT2D eigenvalue weighted by molar-refractivity contribution is 7.99. The van der Waals surface area contributed by atoms with Crippen LogP contribution >= 0.6 is 23.1 Å². The normalized spacial score (nSPS) is 12.8. The molecule has 3 heterocycles. The van der Waals surface area contributed by atoms with Crippen LogP contribution in [0.5, 0.6) is 0 Å². The molecule has 124 valence electrons. The van der Waals surface area contributed by atoms with Gasteiger partial charge in [-0.25, -0.2) is 4.57 Å². The zero-order valence-electron chi connectivity index (χ0n) is 14.5. The first kappa shape index (κ1) is 14.8. The van der Waals surface area contributed by atoms with E-state index in [1.165, 1.54) is 57.6 Å². The van der Waals surface area contributed by atoms with Gasteiger partial charge in [-0.2, -0.15) is 0 Å². The quantitative estimate of drug-likeness (QED) is 0.277. The van der Waals surface area contributed by atoms with Crippen molar-refractivity contribution in [3.8, 4) is 11.3 Å². The van der Waals surface area contributed by atoms with Gasteiger partial charge in [-0.05, 0) is 30.7 Å². The third-order valence-corrected chi connectivity index (χ3v) is 7.64. The molecule has 26 heavy (non-hydrogen) atoms. The largest absolute Gasteiger partial charge is 0.222 e. The molecule has 6 rings (SSSR count). The van der Waals surface area contributed by atoms with Crippen molar-refractivity contribution in [2.75, 3.05) is 0 Å². The molecule has 0 saturated carbocycles. The molecule has 3 heteroatoms. The van der Waals surface area contributed by atoms with Crippen LogP contribution in [0.1, 0.15) is 5.56 Å². The van der Waals surface area contributed by atoms with Crippen molar-refractivity contribution in [3.63, 3.8) is 0 Å². The van der Waals surface area contributed by atoms with E-state index in [-0.39, 0.29) is 0 Å². The Balaban J connectivity index is 1.90. The van der Waals surface area contributed by atoms with Gasteiger partial charge in [0, 0.05) is 41.4 Å². The van der Waals surface area contributed by atoms with Crippen molar-refractivity contribution >= 4 is 54.0 Å². The highest BCUT2D eigenvalue weighted by Crippen LogP contribution is 2.51. The summed E-state index contributed by atoms with van der Waals surface area (Å²) >= 11 is 3.82. The molecule has 1 aliphatic heterocycles. The van der Waals surface area contributed by atoms with Gasteiger partial charge in [-0.3, -0.25) is 0 Å². The number of aromatic nitrogens is 1. The first-order valence-corrected chi connectivity index (χ1v) is 10.4. The van der Waals surface area contributed by atoms with Gasteiger partial charge in [0.25, 0.3) is 0 Å². The molecule has 0 radical (unpaired) electrons. The van der Waals surface area contributed by atoms with Crippen molar-refractivity contribution in [1.82, 2.24) is 0 Å². The lowest BCUT2D eigenvalue weighted by Gasteiger charge is -2.19. The van der Waals surface area contributed by atoms with E-state index in [4.69, 9.17) is 0 Å². The van der Waals surface area contributed by atoms with Gasteiger partial charge >= 0.3 is 0 Å². The number of benzene rings is 3. The smallest absolute Gasteiger partial charge is 0.200 e.